The summed E-state index contributed by atoms with van der Waals surface area (Å²) in [6.45, 7) is 0. The summed E-state index contributed by atoms with van der Waals surface area (Å²) < 4.78 is 39.0. The monoisotopic (exact) mass is 268 g/mol. The van der Waals surface area contributed by atoms with Crippen molar-refractivity contribution >= 4 is 11.7 Å². The van der Waals surface area contributed by atoms with E-state index >= 15 is 0 Å². The van der Waals surface area contributed by atoms with E-state index in [-0.39, 0.29) is 0 Å². The molecule has 98 valence electrons. The summed E-state index contributed by atoms with van der Waals surface area (Å²) in [4.78, 5) is 32.6. The van der Waals surface area contributed by atoms with E-state index in [0.29, 0.717) is 6.20 Å². The summed E-state index contributed by atoms with van der Waals surface area (Å²) in [6.07, 6.45) is -4.93. The molecule has 0 aliphatic heterocycles. The molecule has 1 aromatic rings. The number of aromatic carboxylic acids is 1. The summed E-state index contributed by atoms with van der Waals surface area (Å²) >= 11 is 0. The third-order valence-electron chi connectivity index (χ3n) is 1.66. The van der Waals surface area contributed by atoms with Gasteiger partial charge in [0, 0.05) is 0 Å². The number of ether oxygens (including phenoxy) is 1. The second kappa shape index (κ2) is 4.35. The van der Waals surface area contributed by atoms with Crippen LogP contribution in [0.25, 0.3) is 0 Å². The Balaban J connectivity index is 3.47. The molecule has 0 aromatic carbocycles. The van der Waals surface area contributed by atoms with Gasteiger partial charge in [-0.05, 0) is 0 Å². The number of hydrogen-bond donors (Lipinski definition) is 2. The normalized spacial score (nSPS) is 11.1. The average molecular weight is 268 g/mol. The number of aromatic nitrogens is 1. The molecule has 0 fully saturated rings. The molecule has 0 aliphatic rings. The van der Waals surface area contributed by atoms with Crippen LogP contribution in [0.3, 0.4) is 0 Å². The summed E-state index contributed by atoms with van der Waals surface area (Å²) in [5.74, 6) is -3.51. The number of alkyl halides is 3. The Labute approximate surface area is 94.8 Å². The van der Waals surface area contributed by atoms with Gasteiger partial charge in [-0.3, -0.25) is 14.9 Å². The van der Waals surface area contributed by atoms with Gasteiger partial charge in [-0.1, -0.05) is 0 Å². The highest BCUT2D eigenvalue weighted by molar-refractivity contribution is 5.90. The maximum absolute atomic E-state index is 11.9. The quantitative estimate of drug-likeness (QED) is 0.619. The van der Waals surface area contributed by atoms with Crippen molar-refractivity contribution in [1.29, 1.82) is 0 Å². The number of H-pyrrole nitrogens is 1. The highest BCUT2D eigenvalue weighted by Gasteiger charge is 2.35. The molecule has 0 atom stereocenters. The molecule has 8 nitrogen and oxygen atoms in total. The van der Waals surface area contributed by atoms with Crippen molar-refractivity contribution in [3.8, 4) is 5.88 Å². The Morgan fingerprint density at radius 3 is 2.44 bits per heavy atom. The van der Waals surface area contributed by atoms with E-state index in [1.165, 1.54) is 0 Å². The first-order chi connectivity index (χ1) is 8.13. The molecular formula is C7H3F3N2O6. The first kappa shape index (κ1) is 13.5. The number of carboxylic acid groups (broad SMARTS) is 1. The summed E-state index contributed by atoms with van der Waals surface area (Å²) in [7, 11) is 0. The van der Waals surface area contributed by atoms with Gasteiger partial charge >= 0.3 is 18.0 Å². The van der Waals surface area contributed by atoms with Gasteiger partial charge in [0.2, 0.25) is 5.88 Å². The first-order valence-electron chi connectivity index (χ1n) is 4.02. The number of pyridine rings is 1. The average Bonchev–Trinajstić information content (AvgIpc) is 2.13. The highest BCUT2D eigenvalue weighted by Crippen LogP contribution is 2.23. The van der Waals surface area contributed by atoms with Gasteiger partial charge in [-0.2, -0.15) is 0 Å². The molecule has 1 aromatic heterocycles. The molecule has 18 heavy (non-hydrogen) atoms. The minimum absolute atomic E-state index is 0.315. The molecule has 0 bridgehead atoms. The smallest absolute Gasteiger partial charge is 0.477 e. The van der Waals surface area contributed by atoms with E-state index in [1.54, 1.807) is 4.98 Å². The molecule has 1 heterocycles. The summed E-state index contributed by atoms with van der Waals surface area (Å²) in [6, 6.07) is 0. The predicted octanol–water partition coefficient (Wildman–Crippen LogP) is 0.880. The predicted molar refractivity (Wildman–Crippen MR) is 47.4 cm³/mol. The van der Waals surface area contributed by atoms with Crippen LogP contribution in [-0.4, -0.2) is 27.3 Å². The Kier molecular flexibility index (Phi) is 3.26. The lowest BCUT2D eigenvalue weighted by Gasteiger charge is -2.09. The standard InChI is InChI=1S/C7H3F3N2O6/c8-7(9,10)18-5-3(6(14)15)4(13)2(1-11-5)12(16)17/h1H,(H,11,13)(H,14,15). The molecule has 0 saturated heterocycles. The molecule has 0 radical (unpaired) electrons. The van der Waals surface area contributed by atoms with Gasteiger partial charge in [0.15, 0.2) is 5.56 Å². The Morgan fingerprint density at radius 2 is 2.06 bits per heavy atom. The number of nitrogens with zero attached hydrogens (tertiary/aromatic N) is 1. The lowest BCUT2D eigenvalue weighted by molar-refractivity contribution is -0.386. The van der Waals surface area contributed by atoms with Crippen molar-refractivity contribution in [2.75, 3.05) is 0 Å². The van der Waals surface area contributed by atoms with Gasteiger partial charge in [0.25, 0.3) is 5.43 Å². The van der Waals surface area contributed by atoms with Crippen molar-refractivity contribution in [3.05, 3.63) is 32.1 Å². The second-order valence-electron chi connectivity index (χ2n) is 2.82. The van der Waals surface area contributed by atoms with Crippen molar-refractivity contribution in [2.24, 2.45) is 0 Å². The van der Waals surface area contributed by atoms with Crippen molar-refractivity contribution in [1.82, 2.24) is 4.98 Å². The first-order valence-corrected chi connectivity index (χ1v) is 4.02. The fourth-order valence-corrected chi connectivity index (χ4v) is 1.03. The summed E-state index contributed by atoms with van der Waals surface area (Å²) in [5.41, 5.74) is -4.39. The number of aromatic amines is 1. The van der Waals surface area contributed by atoms with E-state index in [4.69, 9.17) is 5.11 Å². The fourth-order valence-electron chi connectivity index (χ4n) is 1.03. The molecule has 0 unspecified atom stereocenters. The van der Waals surface area contributed by atoms with Gasteiger partial charge in [0.1, 0.15) is 0 Å². The maximum Gasteiger partial charge on any atom is 0.574 e. The molecule has 0 amide bonds. The zero-order chi connectivity index (χ0) is 14.1. The molecule has 0 spiro atoms. The van der Waals surface area contributed by atoms with Crippen LogP contribution in [-0.2, 0) is 0 Å². The SMILES string of the molecule is O=C(O)c1c(OC(F)(F)F)[nH]cc([N+](=O)[O-])c1=O. The Hall–Kier alpha value is -2.59. The van der Waals surface area contributed by atoms with Crippen LogP contribution in [0.15, 0.2) is 11.0 Å². The lowest BCUT2D eigenvalue weighted by Crippen LogP contribution is -2.25. The molecule has 11 heteroatoms. The third kappa shape index (κ3) is 2.75. The largest absolute Gasteiger partial charge is 0.574 e. The minimum Gasteiger partial charge on any atom is -0.477 e. The van der Waals surface area contributed by atoms with Crippen LogP contribution < -0.4 is 10.2 Å². The van der Waals surface area contributed by atoms with Crippen LogP contribution >= 0.6 is 0 Å². The minimum atomic E-state index is -5.25. The Bertz CT molecular complexity index is 563. The molecule has 0 saturated carbocycles. The van der Waals surface area contributed by atoms with E-state index in [0.717, 1.165) is 0 Å². The van der Waals surface area contributed by atoms with Crippen LogP contribution in [0.1, 0.15) is 10.4 Å². The molecular weight excluding hydrogens is 265 g/mol. The number of hydrogen-bond acceptors (Lipinski definition) is 5. The number of carbonyl (C=O) groups is 1. The van der Waals surface area contributed by atoms with Crippen LogP contribution in [0.4, 0.5) is 18.9 Å². The van der Waals surface area contributed by atoms with Crippen molar-refractivity contribution < 1.29 is 32.7 Å². The second-order valence-corrected chi connectivity index (χ2v) is 2.82. The Morgan fingerprint density at radius 1 is 1.50 bits per heavy atom. The molecule has 2 N–H and O–H groups in total. The van der Waals surface area contributed by atoms with Gasteiger partial charge < -0.3 is 14.8 Å². The topological polar surface area (TPSA) is 123 Å². The number of nitro groups is 1. The van der Waals surface area contributed by atoms with Gasteiger partial charge in [-0.15, -0.1) is 13.2 Å². The van der Waals surface area contributed by atoms with E-state index in [1.807, 2.05) is 0 Å². The zero-order valence-corrected chi connectivity index (χ0v) is 8.15. The van der Waals surface area contributed by atoms with E-state index < -0.39 is 39.8 Å². The fraction of sp³-hybridized carbons (Fsp3) is 0.143. The maximum atomic E-state index is 11.9. The number of carboxylic acids is 1. The van der Waals surface area contributed by atoms with E-state index in [2.05, 4.69) is 4.74 Å². The number of nitrogens with one attached hydrogen (secondary N) is 1. The molecule has 1 rings (SSSR count). The van der Waals surface area contributed by atoms with Crippen molar-refractivity contribution in [3.63, 3.8) is 0 Å². The number of halogens is 3. The van der Waals surface area contributed by atoms with Crippen LogP contribution in [0.2, 0.25) is 0 Å². The van der Waals surface area contributed by atoms with Gasteiger partial charge in [0.05, 0.1) is 11.1 Å². The van der Waals surface area contributed by atoms with Crippen molar-refractivity contribution in [2.45, 2.75) is 6.36 Å². The highest BCUT2D eigenvalue weighted by atomic mass is 19.4. The zero-order valence-electron chi connectivity index (χ0n) is 8.15. The molecule has 0 aliphatic carbocycles. The van der Waals surface area contributed by atoms with Crippen LogP contribution in [0.5, 0.6) is 5.88 Å². The lowest BCUT2D eigenvalue weighted by atomic mass is 10.2. The van der Waals surface area contributed by atoms with Gasteiger partial charge in [-0.25, -0.2) is 4.79 Å². The third-order valence-corrected chi connectivity index (χ3v) is 1.66. The van der Waals surface area contributed by atoms with E-state index in [9.17, 15) is 32.9 Å². The van der Waals surface area contributed by atoms with Crippen LogP contribution in [0, 0.1) is 10.1 Å². The summed E-state index contributed by atoms with van der Waals surface area (Å²) in [5, 5.41) is 18.9. The number of rotatable bonds is 3.